The van der Waals surface area contributed by atoms with E-state index in [0.29, 0.717) is 17.0 Å². The SMILES string of the molecule is CC1Oc2ccc(C(=O)CN3C(=O)NC(c4ccccc4)C3=O)cc2NC1=O. The lowest BCUT2D eigenvalue weighted by Gasteiger charge is -2.23. The van der Waals surface area contributed by atoms with Gasteiger partial charge in [0.05, 0.1) is 12.2 Å². The molecule has 0 radical (unpaired) electrons. The second kappa shape index (κ2) is 6.80. The molecule has 2 aliphatic rings. The van der Waals surface area contributed by atoms with Crippen molar-refractivity contribution in [1.82, 2.24) is 10.2 Å². The van der Waals surface area contributed by atoms with Crippen molar-refractivity contribution in [2.75, 3.05) is 11.9 Å². The molecule has 0 aliphatic carbocycles. The van der Waals surface area contributed by atoms with Crippen LogP contribution in [-0.2, 0) is 9.59 Å². The van der Waals surface area contributed by atoms with Crippen LogP contribution in [0.2, 0.25) is 0 Å². The maximum absolute atomic E-state index is 12.6. The quantitative estimate of drug-likeness (QED) is 0.623. The number of amides is 4. The first-order valence-electron chi connectivity index (χ1n) is 8.75. The number of imide groups is 1. The Balaban J connectivity index is 1.51. The second-order valence-electron chi connectivity index (χ2n) is 6.60. The van der Waals surface area contributed by atoms with Crippen LogP contribution in [0.3, 0.4) is 0 Å². The zero-order chi connectivity index (χ0) is 19.8. The fourth-order valence-electron chi connectivity index (χ4n) is 3.16. The van der Waals surface area contributed by atoms with Gasteiger partial charge in [0.2, 0.25) is 0 Å². The molecule has 2 unspecified atom stereocenters. The van der Waals surface area contributed by atoms with Crippen molar-refractivity contribution < 1.29 is 23.9 Å². The highest BCUT2D eigenvalue weighted by molar-refractivity contribution is 6.10. The molecule has 1 fully saturated rings. The van der Waals surface area contributed by atoms with Crippen LogP contribution in [0.15, 0.2) is 48.5 Å². The molecule has 142 valence electrons. The van der Waals surface area contributed by atoms with E-state index in [-0.39, 0.29) is 11.5 Å². The van der Waals surface area contributed by atoms with Gasteiger partial charge in [-0.15, -0.1) is 0 Å². The molecule has 8 heteroatoms. The fraction of sp³-hybridized carbons (Fsp3) is 0.200. The minimum atomic E-state index is -0.806. The fourth-order valence-corrected chi connectivity index (χ4v) is 3.16. The summed E-state index contributed by atoms with van der Waals surface area (Å²) in [4.78, 5) is 50.1. The van der Waals surface area contributed by atoms with Crippen molar-refractivity contribution in [1.29, 1.82) is 0 Å². The summed E-state index contributed by atoms with van der Waals surface area (Å²) in [5, 5.41) is 5.26. The highest BCUT2D eigenvalue weighted by Gasteiger charge is 2.40. The molecular weight excluding hydrogens is 362 g/mol. The number of urea groups is 1. The molecule has 2 heterocycles. The summed E-state index contributed by atoms with van der Waals surface area (Å²) < 4.78 is 5.46. The minimum absolute atomic E-state index is 0.265. The van der Waals surface area contributed by atoms with Crippen molar-refractivity contribution in [2.45, 2.75) is 19.1 Å². The monoisotopic (exact) mass is 379 g/mol. The van der Waals surface area contributed by atoms with Crippen LogP contribution >= 0.6 is 0 Å². The number of ether oxygens (including phenoxy) is 1. The number of benzene rings is 2. The highest BCUT2D eigenvalue weighted by Crippen LogP contribution is 2.31. The Morgan fingerprint density at radius 3 is 2.61 bits per heavy atom. The Morgan fingerprint density at radius 1 is 1.11 bits per heavy atom. The summed E-state index contributed by atoms with van der Waals surface area (Å²) in [6.07, 6.45) is -0.616. The van der Waals surface area contributed by atoms with E-state index in [1.54, 1.807) is 43.3 Å². The topological polar surface area (TPSA) is 105 Å². The number of ketones is 1. The summed E-state index contributed by atoms with van der Waals surface area (Å²) in [6.45, 7) is 1.23. The summed E-state index contributed by atoms with van der Waals surface area (Å²) in [5.74, 6) is -0.750. The first kappa shape index (κ1) is 17.7. The molecule has 0 bridgehead atoms. The van der Waals surface area contributed by atoms with E-state index in [4.69, 9.17) is 4.74 Å². The predicted molar refractivity (Wildman–Crippen MR) is 98.9 cm³/mol. The average Bonchev–Trinajstić information content (AvgIpc) is 2.97. The molecule has 8 nitrogen and oxygen atoms in total. The van der Waals surface area contributed by atoms with Crippen molar-refractivity contribution in [3.63, 3.8) is 0 Å². The molecule has 2 atom stereocenters. The average molecular weight is 379 g/mol. The van der Waals surface area contributed by atoms with Gasteiger partial charge in [0, 0.05) is 5.56 Å². The summed E-state index contributed by atoms with van der Waals surface area (Å²) >= 11 is 0. The van der Waals surface area contributed by atoms with Gasteiger partial charge in [-0.25, -0.2) is 4.79 Å². The lowest BCUT2D eigenvalue weighted by atomic mass is 10.1. The molecule has 4 rings (SSSR count). The Kier molecular flexibility index (Phi) is 4.31. The summed E-state index contributed by atoms with van der Waals surface area (Å²) in [6, 6.07) is 12.0. The second-order valence-corrected chi connectivity index (χ2v) is 6.60. The number of anilines is 1. The number of hydrogen-bond donors (Lipinski definition) is 2. The predicted octanol–water partition coefficient (Wildman–Crippen LogP) is 1.88. The van der Waals surface area contributed by atoms with Gasteiger partial charge >= 0.3 is 6.03 Å². The summed E-state index contributed by atoms with van der Waals surface area (Å²) in [7, 11) is 0. The smallest absolute Gasteiger partial charge is 0.325 e. The van der Waals surface area contributed by atoms with Gasteiger partial charge in [-0.05, 0) is 30.7 Å². The van der Waals surface area contributed by atoms with Crippen molar-refractivity contribution in [3.05, 3.63) is 59.7 Å². The number of fused-ring (bicyclic) bond motifs is 1. The molecule has 0 saturated carbocycles. The van der Waals surface area contributed by atoms with E-state index in [9.17, 15) is 19.2 Å². The molecule has 2 aromatic rings. The van der Waals surface area contributed by atoms with Crippen molar-refractivity contribution in [3.8, 4) is 5.75 Å². The van der Waals surface area contributed by atoms with Gasteiger partial charge in [0.25, 0.3) is 11.8 Å². The van der Waals surface area contributed by atoms with Crippen LogP contribution in [0, 0.1) is 0 Å². The third-order valence-corrected chi connectivity index (χ3v) is 4.69. The van der Waals surface area contributed by atoms with E-state index in [2.05, 4.69) is 10.6 Å². The summed E-state index contributed by atoms with van der Waals surface area (Å²) in [5.41, 5.74) is 1.30. The molecule has 1 saturated heterocycles. The normalized spacial score (nSPS) is 20.9. The molecule has 0 spiro atoms. The van der Waals surface area contributed by atoms with Crippen LogP contribution in [0.4, 0.5) is 10.5 Å². The Labute approximate surface area is 160 Å². The van der Waals surface area contributed by atoms with E-state index < -0.39 is 36.4 Å². The number of nitrogens with zero attached hydrogens (tertiary/aromatic N) is 1. The maximum Gasteiger partial charge on any atom is 0.325 e. The van der Waals surface area contributed by atoms with Gasteiger partial charge in [0.1, 0.15) is 11.8 Å². The molecule has 2 aliphatic heterocycles. The highest BCUT2D eigenvalue weighted by atomic mass is 16.5. The van der Waals surface area contributed by atoms with Gasteiger partial charge in [-0.2, -0.15) is 0 Å². The van der Waals surface area contributed by atoms with E-state index >= 15 is 0 Å². The van der Waals surface area contributed by atoms with Gasteiger partial charge in [-0.1, -0.05) is 30.3 Å². The Bertz CT molecular complexity index is 989. The van der Waals surface area contributed by atoms with Crippen LogP contribution < -0.4 is 15.4 Å². The Hall–Kier alpha value is -3.68. The lowest BCUT2D eigenvalue weighted by Crippen LogP contribution is -2.36. The number of carbonyl (C=O) groups excluding carboxylic acids is 4. The van der Waals surface area contributed by atoms with Crippen LogP contribution in [0.1, 0.15) is 28.9 Å². The lowest BCUT2D eigenvalue weighted by molar-refractivity contribution is -0.127. The first-order chi connectivity index (χ1) is 13.4. The number of hydrogen-bond acceptors (Lipinski definition) is 5. The van der Waals surface area contributed by atoms with E-state index in [1.807, 2.05) is 6.07 Å². The number of carbonyl (C=O) groups is 4. The molecule has 4 amide bonds. The molecule has 28 heavy (non-hydrogen) atoms. The number of Topliss-reactive ketones (excluding diaryl/α,β-unsaturated/α-hetero) is 1. The zero-order valence-corrected chi connectivity index (χ0v) is 15.0. The molecule has 2 aromatic carbocycles. The maximum atomic E-state index is 12.6. The van der Waals surface area contributed by atoms with Crippen LogP contribution in [0.5, 0.6) is 5.75 Å². The zero-order valence-electron chi connectivity index (χ0n) is 15.0. The van der Waals surface area contributed by atoms with Gasteiger partial charge in [0.15, 0.2) is 11.9 Å². The van der Waals surface area contributed by atoms with E-state index in [1.165, 1.54) is 6.07 Å². The largest absolute Gasteiger partial charge is 0.479 e. The standard InChI is InChI=1S/C20H17N3O5/c1-11-18(25)21-14-9-13(7-8-16(14)28-11)15(24)10-23-19(26)17(22-20(23)27)12-5-3-2-4-6-12/h2-9,11,17H,10H2,1H3,(H,21,25)(H,22,27). The number of rotatable bonds is 4. The minimum Gasteiger partial charge on any atom is -0.479 e. The van der Waals surface area contributed by atoms with Crippen LogP contribution in [-0.4, -0.2) is 41.2 Å². The van der Waals surface area contributed by atoms with Gasteiger partial charge in [-0.3, -0.25) is 19.3 Å². The molecular formula is C20H17N3O5. The van der Waals surface area contributed by atoms with Crippen molar-refractivity contribution >= 4 is 29.3 Å². The Morgan fingerprint density at radius 2 is 1.86 bits per heavy atom. The van der Waals surface area contributed by atoms with E-state index in [0.717, 1.165) is 4.90 Å². The molecule has 2 N–H and O–H groups in total. The third-order valence-electron chi connectivity index (χ3n) is 4.69. The molecule has 0 aromatic heterocycles. The van der Waals surface area contributed by atoms with Crippen LogP contribution in [0.25, 0.3) is 0 Å². The van der Waals surface area contributed by atoms with Crippen molar-refractivity contribution in [2.24, 2.45) is 0 Å². The van der Waals surface area contributed by atoms with Gasteiger partial charge < -0.3 is 15.4 Å². The number of nitrogens with one attached hydrogen (secondary N) is 2. The third kappa shape index (κ3) is 3.09. The first-order valence-corrected chi connectivity index (χ1v) is 8.75.